The Kier molecular flexibility index (Phi) is 3.28. The van der Waals surface area contributed by atoms with Crippen molar-refractivity contribution in [2.75, 3.05) is 5.73 Å². The molecule has 2 N–H and O–H groups in total. The second-order valence-corrected chi connectivity index (χ2v) is 3.64. The first-order valence-electron chi connectivity index (χ1n) is 5.13. The molecule has 1 aromatic heterocycles. The summed E-state index contributed by atoms with van der Waals surface area (Å²) in [5, 5.41) is 0. The van der Waals surface area contributed by atoms with Crippen LogP contribution >= 0.6 is 0 Å². The Bertz CT molecular complexity index is 599. The minimum absolute atomic E-state index is 0.0141. The van der Waals surface area contributed by atoms with Gasteiger partial charge in [-0.15, -0.1) is 0 Å². The van der Waals surface area contributed by atoms with Crippen molar-refractivity contribution in [3.05, 3.63) is 47.9 Å². The quantitative estimate of drug-likeness (QED) is 0.671. The summed E-state index contributed by atoms with van der Waals surface area (Å²) in [5.41, 5.74) is 4.45. The van der Waals surface area contributed by atoms with E-state index in [1.165, 1.54) is 6.07 Å². The van der Waals surface area contributed by atoms with Gasteiger partial charge < -0.3 is 10.5 Å². The highest BCUT2D eigenvalue weighted by atomic mass is 19.4. The number of ether oxygens (including phenoxy) is 1. The van der Waals surface area contributed by atoms with E-state index in [1.54, 1.807) is 0 Å². The molecule has 7 heteroatoms. The van der Waals surface area contributed by atoms with Crippen molar-refractivity contribution in [3.8, 4) is 11.6 Å². The molecular formula is C12H8F4N2O. The van der Waals surface area contributed by atoms with Gasteiger partial charge >= 0.3 is 6.18 Å². The standard InChI is InChI=1S/C12H8F4N2O/c13-7-3-4-9(17)10(6-7)19-11-8(12(14,15)16)2-1-5-18-11/h1-6H,17H2. The molecule has 0 saturated heterocycles. The SMILES string of the molecule is Nc1ccc(F)cc1Oc1ncccc1C(F)(F)F. The van der Waals surface area contributed by atoms with Gasteiger partial charge in [0.1, 0.15) is 11.4 Å². The molecule has 2 rings (SSSR count). The molecule has 0 atom stereocenters. The molecule has 0 radical (unpaired) electrons. The molecule has 0 bridgehead atoms. The zero-order chi connectivity index (χ0) is 14.0. The average molecular weight is 272 g/mol. The number of halogens is 4. The van der Waals surface area contributed by atoms with Crippen molar-refractivity contribution in [2.45, 2.75) is 6.18 Å². The monoisotopic (exact) mass is 272 g/mol. The molecule has 0 saturated carbocycles. The Labute approximate surface area is 105 Å². The second-order valence-electron chi connectivity index (χ2n) is 3.64. The van der Waals surface area contributed by atoms with Gasteiger partial charge in [0.25, 0.3) is 0 Å². The van der Waals surface area contributed by atoms with Crippen molar-refractivity contribution in [2.24, 2.45) is 0 Å². The first-order chi connectivity index (χ1) is 8.88. The highest BCUT2D eigenvalue weighted by Crippen LogP contribution is 2.37. The molecule has 0 fully saturated rings. The lowest BCUT2D eigenvalue weighted by Crippen LogP contribution is -2.08. The maximum absolute atomic E-state index is 13.0. The van der Waals surface area contributed by atoms with E-state index in [9.17, 15) is 17.6 Å². The van der Waals surface area contributed by atoms with E-state index in [0.717, 1.165) is 30.5 Å². The number of hydrogen-bond donors (Lipinski definition) is 1. The molecule has 100 valence electrons. The van der Waals surface area contributed by atoms with E-state index in [0.29, 0.717) is 0 Å². The first kappa shape index (κ1) is 13.1. The Hall–Kier alpha value is -2.31. The summed E-state index contributed by atoms with van der Waals surface area (Å²) in [6.07, 6.45) is -3.48. The molecule has 3 nitrogen and oxygen atoms in total. The number of nitrogens with zero attached hydrogens (tertiary/aromatic N) is 1. The van der Waals surface area contributed by atoms with Crippen LogP contribution < -0.4 is 10.5 Å². The van der Waals surface area contributed by atoms with E-state index >= 15 is 0 Å². The normalized spacial score (nSPS) is 11.4. The lowest BCUT2D eigenvalue weighted by molar-refractivity contribution is -0.138. The predicted molar refractivity (Wildman–Crippen MR) is 60.1 cm³/mol. The number of benzene rings is 1. The van der Waals surface area contributed by atoms with Crippen LogP contribution in [0.5, 0.6) is 11.6 Å². The number of nitrogen functional groups attached to an aromatic ring is 1. The van der Waals surface area contributed by atoms with Gasteiger partial charge in [-0.2, -0.15) is 13.2 Å². The number of pyridine rings is 1. The van der Waals surface area contributed by atoms with Crippen molar-refractivity contribution in [3.63, 3.8) is 0 Å². The largest absolute Gasteiger partial charge is 0.436 e. The molecule has 0 spiro atoms. The third-order valence-electron chi connectivity index (χ3n) is 2.26. The third-order valence-corrected chi connectivity index (χ3v) is 2.26. The van der Waals surface area contributed by atoms with Crippen molar-refractivity contribution < 1.29 is 22.3 Å². The van der Waals surface area contributed by atoms with Crippen molar-refractivity contribution >= 4 is 5.69 Å². The highest BCUT2D eigenvalue weighted by Gasteiger charge is 2.35. The summed E-state index contributed by atoms with van der Waals surface area (Å²) < 4.78 is 56.1. The van der Waals surface area contributed by atoms with E-state index in [1.807, 2.05) is 0 Å². The van der Waals surface area contributed by atoms with E-state index in [2.05, 4.69) is 4.98 Å². The number of alkyl halides is 3. The van der Waals surface area contributed by atoms with E-state index in [4.69, 9.17) is 10.5 Å². The summed E-state index contributed by atoms with van der Waals surface area (Å²) in [7, 11) is 0. The summed E-state index contributed by atoms with van der Waals surface area (Å²) in [6, 6.07) is 5.11. The molecule has 0 aliphatic carbocycles. The first-order valence-corrected chi connectivity index (χ1v) is 5.13. The van der Waals surface area contributed by atoms with E-state index in [-0.39, 0.29) is 11.4 Å². The number of hydrogen-bond acceptors (Lipinski definition) is 3. The zero-order valence-corrected chi connectivity index (χ0v) is 9.41. The second kappa shape index (κ2) is 4.75. The van der Waals surface area contributed by atoms with E-state index < -0.39 is 23.4 Å². The lowest BCUT2D eigenvalue weighted by atomic mass is 10.2. The van der Waals surface area contributed by atoms with Gasteiger partial charge in [-0.25, -0.2) is 9.37 Å². The topological polar surface area (TPSA) is 48.1 Å². The van der Waals surface area contributed by atoms with Crippen LogP contribution in [0.25, 0.3) is 0 Å². The molecule has 1 aromatic carbocycles. The molecule has 1 heterocycles. The molecular weight excluding hydrogens is 264 g/mol. The van der Waals surface area contributed by atoms with Gasteiger partial charge in [0.05, 0.1) is 5.69 Å². The minimum atomic E-state index is -4.62. The Balaban J connectivity index is 2.41. The van der Waals surface area contributed by atoms with Crippen LogP contribution in [0.3, 0.4) is 0 Å². The molecule has 0 unspecified atom stereocenters. The summed E-state index contributed by atoms with van der Waals surface area (Å²) in [4.78, 5) is 3.49. The molecule has 0 amide bonds. The van der Waals surface area contributed by atoms with Gasteiger partial charge in [0.15, 0.2) is 5.75 Å². The molecule has 2 aromatic rings. The number of anilines is 1. The van der Waals surface area contributed by atoms with Crippen LogP contribution in [0.1, 0.15) is 5.56 Å². The maximum Gasteiger partial charge on any atom is 0.421 e. The summed E-state index contributed by atoms with van der Waals surface area (Å²) >= 11 is 0. The van der Waals surface area contributed by atoms with Crippen LogP contribution in [-0.4, -0.2) is 4.98 Å². The predicted octanol–water partition coefficient (Wildman–Crippen LogP) is 3.61. The smallest absolute Gasteiger partial charge is 0.421 e. The van der Waals surface area contributed by atoms with Crippen LogP contribution in [-0.2, 0) is 6.18 Å². The fraction of sp³-hybridized carbons (Fsp3) is 0.0833. The van der Waals surface area contributed by atoms with Gasteiger partial charge in [-0.1, -0.05) is 0 Å². The Morgan fingerprint density at radius 1 is 1.16 bits per heavy atom. The fourth-order valence-electron chi connectivity index (χ4n) is 1.39. The summed E-state index contributed by atoms with van der Waals surface area (Å²) in [5.74, 6) is -1.56. The molecule has 0 aliphatic rings. The van der Waals surface area contributed by atoms with Gasteiger partial charge in [0, 0.05) is 12.3 Å². The number of nitrogens with two attached hydrogens (primary N) is 1. The van der Waals surface area contributed by atoms with Gasteiger partial charge in [-0.05, 0) is 24.3 Å². The average Bonchev–Trinajstić information content (AvgIpc) is 2.33. The summed E-state index contributed by atoms with van der Waals surface area (Å²) in [6.45, 7) is 0. The Morgan fingerprint density at radius 3 is 2.58 bits per heavy atom. The van der Waals surface area contributed by atoms with Crippen LogP contribution in [0.4, 0.5) is 23.2 Å². The number of aromatic nitrogens is 1. The van der Waals surface area contributed by atoms with Crippen molar-refractivity contribution in [1.29, 1.82) is 0 Å². The van der Waals surface area contributed by atoms with Crippen molar-refractivity contribution in [1.82, 2.24) is 4.98 Å². The molecule has 19 heavy (non-hydrogen) atoms. The zero-order valence-electron chi connectivity index (χ0n) is 9.41. The lowest BCUT2D eigenvalue weighted by Gasteiger charge is -2.13. The molecule has 0 aliphatic heterocycles. The van der Waals surface area contributed by atoms with Crippen LogP contribution in [0, 0.1) is 5.82 Å². The van der Waals surface area contributed by atoms with Crippen LogP contribution in [0.2, 0.25) is 0 Å². The maximum atomic E-state index is 13.0. The van der Waals surface area contributed by atoms with Gasteiger partial charge in [-0.3, -0.25) is 0 Å². The third kappa shape index (κ3) is 2.93. The van der Waals surface area contributed by atoms with Crippen LogP contribution in [0.15, 0.2) is 36.5 Å². The Morgan fingerprint density at radius 2 is 1.89 bits per heavy atom. The number of rotatable bonds is 2. The fourth-order valence-corrected chi connectivity index (χ4v) is 1.39. The van der Waals surface area contributed by atoms with Gasteiger partial charge in [0.2, 0.25) is 5.88 Å². The minimum Gasteiger partial charge on any atom is -0.436 e. The highest BCUT2D eigenvalue weighted by molar-refractivity contribution is 5.53.